The van der Waals surface area contributed by atoms with E-state index in [0.717, 1.165) is 89.0 Å². The van der Waals surface area contributed by atoms with Crippen molar-refractivity contribution >= 4 is 32.8 Å². The van der Waals surface area contributed by atoms with Crippen LogP contribution in [0.5, 0.6) is 0 Å². The van der Waals surface area contributed by atoms with Crippen molar-refractivity contribution in [1.82, 2.24) is 14.6 Å². The Kier molecular flexibility index (Phi) is 11.7. The Morgan fingerprint density at radius 2 is 1.87 bits per heavy atom. The summed E-state index contributed by atoms with van der Waals surface area (Å²) < 4.78 is 40.0. The minimum Gasteiger partial charge on any atom is -0.382 e. The van der Waals surface area contributed by atoms with E-state index in [9.17, 15) is 4.39 Å². The van der Waals surface area contributed by atoms with Crippen molar-refractivity contribution in [2.75, 3.05) is 45.5 Å². The lowest BCUT2D eigenvalue weighted by Crippen LogP contribution is -2.37. The second-order valence-corrected chi connectivity index (χ2v) is 13.3. The third kappa shape index (κ3) is 7.57. The molecule has 250 valence electrons. The minimum atomic E-state index is -0.267. The summed E-state index contributed by atoms with van der Waals surface area (Å²) in [6.07, 6.45) is 10.9. The number of aromatic nitrogens is 3. The molecule has 4 atom stereocenters. The SMILES string of the molecule is C=C(CC)N(C=C(C)c1cnn2c(C)c(Br)c(C3CCCC(OCCOC)(C4CC4OCCOC)CC3)nc12)c1ccc(F)cc1. The molecule has 2 fully saturated rings. The Morgan fingerprint density at radius 3 is 2.59 bits per heavy atom. The summed E-state index contributed by atoms with van der Waals surface area (Å²) in [5.41, 5.74) is 6.41. The van der Waals surface area contributed by atoms with Gasteiger partial charge in [0.05, 0.1) is 60.2 Å². The van der Waals surface area contributed by atoms with E-state index in [1.807, 2.05) is 21.8 Å². The highest BCUT2D eigenvalue weighted by Gasteiger charge is 2.54. The first-order chi connectivity index (χ1) is 22.2. The number of hydrogen-bond acceptors (Lipinski definition) is 7. The zero-order valence-corrected chi connectivity index (χ0v) is 29.4. The minimum absolute atomic E-state index is 0.219. The van der Waals surface area contributed by atoms with Crippen LogP contribution in [0.15, 0.2) is 53.4 Å². The number of anilines is 1. The second kappa shape index (κ2) is 15.5. The molecule has 3 aromatic rings. The first-order valence-corrected chi connectivity index (χ1v) is 17.2. The van der Waals surface area contributed by atoms with Gasteiger partial charge in [0.2, 0.25) is 0 Å². The molecule has 5 rings (SSSR count). The molecule has 2 saturated carbocycles. The van der Waals surface area contributed by atoms with Gasteiger partial charge in [-0.3, -0.25) is 0 Å². The van der Waals surface area contributed by atoms with Crippen LogP contribution in [-0.4, -0.2) is 67.0 Å². The first kappa shape index (κ1) is 34.7. The van der Waals surface area contributed by atoms with Crippen LogP contribution in [0.3, 0.4) is 0 Å². The Bertz CT molecular complexity index is 1530. The molecule has 0 spiro atoms. The van der Waals surface area contributed by atoms with Crippen LogP contribution >= 0.6 is 15.9 Å². The van der Waals surface area contributed by atoms with E-state index in [0.29, 0.717) is 32.3 Å². The molecule has 46 heavy (non-hydrogen) atoms. The third-order valence-electron chi connectivity index (χ3n) is 9.59. The maximum absolute atomic E-state index is 13.7. The van der Waals surface area contributed by atoms with Crippen LogP contribution in [0.4, 0.5) is 10.1 Å². The first-order valence-electron chi connectivity index (χ1n) is 16.4. The number of halogens is 2. The Morgan fingerprint density at radius 1 is 1.13 bits per heavy atom. The van der Waals surface area contributed by atoms with Crippen molar-refractivity contribution in [1.29, 1.82) is 0 Å². The molecule has 2 heterocycles. The molecule has 0 saturated heterocycles. The highest BCUT2D eigenvalue weighted by molar-refractivity contribution is 9.10. The molecule has 2 aromatic heterocycles. The molecule has 2 aliphatic rings. The van der Waals surface area contributed by atoms with Gasteiger partial charge in [-0.15, -0.1) is 0 Å². The van der Waals surface area contributed by atoms with E-state index >= 15 is 0 Å². The van der Waals surface area contributed by atoms with Crippen LogP contribution in [0.1, 0.15) is 81.7 Å². The fourth-order valence-corrected chi connectivity index (χ4v) is 7.40. The van der Waals surface area contributed by atoms with Crippen LogP contribution in [-0.2, 0) is 18.9 Å². The van der Waals surface area contributed by atoms with Crippen molar-refractivity contribution in [3.63, 3.8) is 0 Å². The summed E-state index contributed by atoms with van der Waals surface area (Å²) in [7, 11) is 3.42. The van der Waals surface area contributed by atoms with E-state index in [1.165, 1.54) is 12.1 Å². The average molecular weight is 700 g/mol. The molecule has 1 aromatic carbocycles. The quantitative estimate of drug-likeness (QED) is 0.117. The number of nitrogens with zero attached hydrogens (tertiary/aromatic N) is 4. The summed E-state index contributed by atoms with van der Waals surface area (Å²) in [5.74, 6) is 0.397. The lowest BCUT2D eigenvalue weighted by atomic mass is 9.87. The van der Waals surface area contributed by atoms with E-state index in [4.69, 9.17) is 29.0 Å². The van der Waals surface area contributed by atoms with Crippen LogP contribution in [0.2, 0.25) is 0 Å². The lowest BCUT2D eigenvalue weighted by Gasteiger charge is -2.34. The van der Waals surface area contributed by atoms with Gasteiger partial charge in [0, 0.05) is 49.2 Å². The van der Waals surface area contributed by atoms with Gasteiger partial charge in [0.25, 0.3) is 0 Å². The maximum Gasteiger partial charge on any atom is 0.163 e. The highest BCUT2D eigenvalue weighted by atomic mass is 79.9. The molecule has 0 amide bonds. The maximum atomic E-state index is 13.7. The van der Waals surface area contributed by atoms with Gasteiger partial charge < -0.3 is 23.8 Å². The molecule has 0 radical (unpaired) electrons. The molecule has 8 nitrogen and oxygen atoms in total. The number of ether oxygens (including phenoxy) is 4. The third-order valence-corrected chi connectivity index (χ3v) is 10.6. The topological polar surface area (TPSA) is 70.4 Å². The van der Waals surface area contributed by atoms with Crippen LogP contribution in [0, 0.1) is 18.7 Å². The van der Waals surface area contributed by atoms with E-state index in [2.05, 4.69) is 43.3 Å². The largest absolute Gasteiger partial charge is 0.382 e. The van der Waals surface area contributed by atoms with Crippen LogP contribution < -0.4 is 4.90 Å². The van der Waals surface area contributed by atoms with Crippen molar-refractivity contribution < 1.29 is 23.3 Å². The summed E-state index contributed by atoms with van der Waals surface area (Å²) in [6, 6.07) is 6.49. The predicted octanol–water partition coefficient (Wildman–Crippen LogP) is 8.23. The number of benzene rings is 1. The van der Waals surface area contributed by atoms with Crippen molar-refractivity contribution in [3.8, 4) is 0 Å². The smallest absolute Gasteiger partial charge is 0.163 e. The van der Waals surface area contributed by atoms with Crippen molar-refractivity contribution in [2.45, 2.75) is 83.3 Å². The Labute approximate surface area is 281 Å². The van der Waals surface area contributed by atoms with Gasteiger partial charge in [-0.2, -0.15) is 5.10 Å². The van der Waals surface area contributed by atoms with E-state index < -0.39 is 0 Å². The average Bonchev–Trinajstić information content (AvgIpc) is 3.77. The lowest BCUT2D eigenvalue weighted by molar-refractivity contribution is -0.0979. The zero-order valence-electron chi connectivity index (χ0n) is 27.9. The number of aryl methyl sites for hydroxylation is 1. The summed E-state index contributed by atoms with van der Waals surface area (Å²) in [5, 5.41) is 4.73. The van der Waals surface area contributed by atoms with Gasteiger partial charge in [0.15, 0.2) is 5.65 Å². The van der Waals surface area contributed by atoms with Gasteiger partial charge in [-0.1, -0.05) is 13.5 Å². The molecule has 0 aliphatic heterocycles. The molecule has 0 bridgehead atoms. The Balaban J connectivity index is 1.42. The van der Waals surface area contributed by atoms with Gasteiger partial charge in [0.1, 0.15) is 5.82 Å². The molecular weight excluding hydrogens is 651 g/mol. The van der Waals surface area contributed by atoms with Crippen LogP contribution in [0.25, 0.3) is 11.2 Å². The Hall–Kier alpha value is -2.63. The number of allylic oxidation sites excluding steroid dienone is 2. The van der Waals surface area contributed by atoms with Crippen molar-refractivity contribution in [2.24, 2.45) is 5.92 Å². The molecule has 2 aliphatic carbocycles. The number of hydrogen-bond donors (Lipinski definition) is 0. The monoisotopic (exact) mass is 698 g/mol. The molecule has 10 heteroatoms. The summed E-state index contributed by atoms with van der Waals surface area (Å²) in [6.45, 7) is 12.9. The van der Waals surface area contributed by atoms with Gasteiger partial charge >= 0.3 is 0 Å². The summed E-state index contributed by atoms with van der Waals surface area (Å²) >= 11 is 3.91. The fraction of sp³-hybridized carbons (Fsp3) is 0.556. The number of methoxy groups -OCH3 is 2. The predicted molar refractivity (Wildman–Crippen MR) is 183 cm³/mol. The highest BCUT2D eigenvalue weighted by Crippen LogP contribution is 2.52. The van der Waals surface area contributed by atoms with E-state index in [1.54, 1.807) is 26.4 Å². The van der Waals surface area contributed by atoms with Crippen molar-refractivity contribution in [3.05, 3.63) is 76.2 Å². The standard InChI is InChI=1S/C36H48BrFN4O4/c1-7-25(3)41(29-12-10-28(38)11-13-29)23-24(2)30-22-39-42-26(4)33(37)34(40-35(30)42)27-9-8-15-36(16-14-27,46-20-18-44-6)31-21-32(31)45-19-17-43-5/h10-13,22-23,27,31-32H,3,7-9,14-21H2,1-2,4-6H3. The summed E-state index contributed by atoms with van der Waals surface area (Å²) in [4.78, 5) is 7.33. The molecule has 4 unspecified atom stereocenters. The molecule has 0 N–H and O–H groups in total. The van der Waals surface area contributed by atoms with E-state index in [-0.39, 0.29) is 23.4 Å². The zero-order chi connectivity index (χ0) is 32.8. The van der Waals surface area contributed by atoms with Gasteiger partial charge in [-0.25, -0.2) is 13.9 Å². The van der Waals surface area contributed by atoms with Gasteiger partial charge in [-0.05, 0) is 105 Å². The number of fused-ring (bicyclic) bond motifs is 1. The fourth-order valence-electron chi connectivity index (χ4n) is 6.82. The normalized spacial score (nSPS) is 23.5. The molecular formula is C36H48BrFN4O4. The second-order valence-electron chi connectivity index (χ2n) is 12.5. The number of rotatable bonds is 15.